The van der Waals surface area contributed by atoms with Crippen molar-refractivity contribution < 1.29 is 23.1 Å². The number of carbonyl (C=O) groups is 1. The van der Waals surface area contributed by atoms with Gasteiger partial charge in [-0.2, -0.15) is 13.2 Å². The summed E-state index contributed by atoms with van der Waals surface area (Å²) in [4.78, 5) is 15.1. The Bertz CT molecular complexity index is 463. The lowest BCUT2D eigenvalue weighted by Gasteiger charge is -2.21. The smallest absolute Gasteiger partial charge is 0.396 e. The second-order valence-electron chi connectivity index (χ2n) is 4.81. The van der Waals surface area contributed by atoms with Gasteiger partial charge in [0.1, 0.15) is 5.01 Å². The van der Waals surface area contributed by atoms with Crippen LogP contribution in [-0.4, -0.2) is 28.8 Å². The number of alkyl halides is 3. The van der Waals surface area contributed by atoms with Gasteiger partial charge in [0.05, 0.1) is 6.54 Å². The van der Waals surface area contributed by atoms with Gasteiger partial charge in [-0.3, -0.25) is 0 Å². The van der Waals surface area contributed by atoms with Crippen LogP contribution in [0.4, 0.5) is 18.0 Å². The van der Waals surface area contributed by atoms with Crippen LogP contribution < -0.4 is 10.6 Å². The number of halogens is 3. The number of urea groups is 1. The number of nitrogens with zero attached hydrogens (tertiary/aromatic N) is 1. The molecule has 0 bridgehead atoms. The number of carbonyl (C=O) groups excluding carboxylic acids is 1. The predicted molar refractivity (Wildman–Crippen MR) is 72.8 cm³/mol. The van der Waals surface area contributed by atoms with Crippen LogP contribution in [0.5, 0.6) is 0 Å². The van der Waals surface area contributed by atoms with Crippen molar-refractivity contribution in [3.05, 3.63) is 16.1 Å². The molecule has 0 aliphatic carbocycles. The van der Waals surface area contributed by atoms with E-state index in [4.69, 9.17) is 5.11 Å². The highest BCUT2D eigenvalue weighted by molar-refractivity contribution is 7.09. The van der Waals surface area contributed by atoms with Gasteiger partial charge >= 0.3 is 12.2 Å². The van der Waals surface area contributed by atoms with Crippen LogP contribution in [0, 0.1) is 5.92 Å². The molecule has 0 aliphatic heterocycles. The second-order valence-corrected chi connectivity index (χ2v) is 5.76. The Morgan fingerprint density at radius 3 is 2.62 bits per heavy atom. The van der Waals surface area contributed by atoms with Crippen molar-refractivity contribution >= 4 is 17.4 Å². The van der Waals surface area contributed by atoms with Gasteiger partial charge in [0.15, 0.2) is 5.69 Å². The molecule has 1 atom stereocenters. The summed E-state index contributed by atoms with van der Waals surface area (Å²) < 4.78 is 37.1. The van der Waals surface area contributed by atoms with Crippen molar-refractivity contribution in [3.8, 4) is 0 Å². The third-order valence-electron chi connectivity index (χ3n) is 2.80. The first-order valence-electron chi connectivity index (χ1n) is 6.41. The molecule has 1 rings (SSSR count). The van der Waals surface area contributed by atoms with Crippen LogP contribution in [0.25, 0.3) is 0 Å². The molecule has 0 saturated carbocycles. The van der Waals surface area contributed by atoms with Gasteiger partial charge in [-0.15, -0.1) is 11.3 Å². The summed E-state index contributed by atoms with van der Waals surface area (Å²) >= 11 is 0.840. The number of aliphatic hydroxyl groups is 1. The lowest BCUT2D eigenvalue weighted by Crippen LogP contribution is -2.44. The van der Waals surface area contributed by atoms with Gasteiger partial charge in [0, 0.05) is 18.0 Å². The van der Waals surface area contributed by atoms with Crippen LogP contribution >= 0.6 is 11.3 Å². The fourth-order valence-electron chi connectivity index (χ4n) is 1.61. The topological polar surface area (TPSA) is 74.2 Å². The average molecular weight is 325 g/mol. The third-order valence-corrected chi connectivity index (χ3v) is 3.65. The molecular weight excluding hydrogens is 307 g/mol. The van der Waals surface area contributed by atoms with Crippen LogP contribution in [0.15, 0.2) is 5.38 Å². The number of thiazole rings is 1. The molecule has 9 heteroatoms. The van der Waals surface area contributed by atoms with Gasteiger partial charge in [0.25, 0.3) is 0 Å². The SMILES string of the molecule is CC(C)C(CCO)NC(=O)NCc1nc(C(F)(F)F)cs1. The number of hydrogen-bond donors (Lipinski definition) is 3. The molecule has 3 N–H and O–H groups in total. The highest BCUT2D eigenvalue weighted by Crippen LogP contribution is 2.29. The molecule has 0 saturated heterocycles. The number of aliphatic hydroxyl groups excluding tert-OH is 1. The first-order valence-corrected chi connectivity index (χ1v) is 7.28. The van der Waals surface area contributed by atoms with Crippen LogP contribution in [0.2, 0.25) is 0 Å². The zero-order valence-corrected chi connectivity index (χ0v) is 12.5. The van der Waals surface area contributed by atoms with E-state index in [9.17, 15) is 18.0 Å². The van der Waals surface area contributed by atoms with Crippen molar-refractivity contribution in [1.82, 2.24) is 15.6 Å². The van der Waals surface area contributed by atoms with Gasteiger partial charge in [-0.05, 0) is 12.3 Å². The van der Waals surface area contributed by atoms with Crippen LogP contribution in [0.1, 0.15) is 31.0 Å². The first-order chi connectivity index (χ1) is 9.74. The summed E-state index contributed by atoms with van der Waals surface area (Å²) in [6.45, 7) is 3.68. The third kappa shape index (κ3) is 5.88. The molecule has 0 spiro atoms. The van der Waals surface area contributed by atoms with E-state index < -0.39 is 17.9 Å². The molecule has 1 aromatic rings. The van der Waals surface area contributed by atoms with Gasteiger partial charge < -0.3 is 15.7 Å². The van der Waals surface area contributed by atoms with Crippen LogP contribution in [-0.2, 0) is 12.7 Å². The summed E-state index contributed by atoms with van der Waals surface area (Å²) in [6.07, 6.45) is -4.05. The molecule has 0 fully saturated rings. The van der Waals surface area contributed by atoms with Gasteiger partial charge in [-0.25, -0.2) is 9.78 Å². The summed E-state index contributed by atoms with van der Waals surface area (Å²) in [5, 5.41) is 15.1. The average Bonchev–Trinajstić information content (AvgIpc) is 2.84. The number of amides is 2. The Hall–Kier alpha value is -1.35. The number of nitrogens with one attached hydrogen (secondary N) is 2. The Morgan fingerprint density at radius 1 is 1.48 bits per heavy atom. The summed E-state index contributed by atoms with van der Waals surface area (Å²) in [5.41, 5.74) is -0.954. The number of aromatic nitrogens is 1. The zero-order valence-electron chi connectivity index (χ0n) is 11.7. The molecule has 0 aliphatic rings. The quantitative estimate of drug-likeness (QED) is 0.752. The summed E-state index contributed by atoms with van der Waals surface area (Å²) in [6, 6.07) is -0.692. The minimum Gasteiger partial charge on any atom is -0.396 e. The molecule has 120 valence electrons. The molecule has 21 heavy (non-hydrogen) atoms. The van der Waals surface area contributed by atoms with E-state index in [1.54, 1.807) is 0 Å². The van der Waals surface area contributed by atoms with Gasteiger partial charge in [-0.1, -0.05) is 13.8 Å². The molecule has 1 unspecified atom stereocenters. The largest absolute Gasteiger partial charge is 0.434 e. The molecule has 1 aromatic heterocycles. The lowest BCUT2D eigenvalue weighted by molar-refractivity contribution is -0.140. The van der Waals surface area contributed by atoms with Gasteiger partial charge in [0.2, 0.25) is 0 Å². The summed E-state index contributed by atoms with van der Waals surface area (Å²) in [5.74, 6) is 0.139. The first kappa shape index (κ1) is 17.7. The molecular formula is C12H18F3N3O2S. The van der Waals surface area contributed by atoms with E-state index in [-0.39, 0.29) is 30.1 Å². The van der Waals surface area contributed by atoms with Crippen LogP contribution in [0.3, 0.4) is 0 Å². The fraction of sp³-hybridized carbons (Fsp3) is 0.667. The normalized spacial score (nSPS) is 13.3. The number of rotatable bonds is 6. The van der Waals surface area contributed by atoms with Crippen molar-refractivity contribution in [3.63, 3.8) is 0 Å². The Kier molecular flexibility index (Phi) is 6.41. The lowest BCUT2D eigenvalue weighted by atomic mass is 10.0. The van der Waals surface area contributed by atoms with E-state index in [0.29, 0.717) is 6.42 Å². The second kappa shape index (κ2) is 7.60. The molecule has 1 heterocycles. The van der Waals surface area contributed by atoms with E-state index in [1.807, 2.05) is 13.8 Å². The van der Waals surface area contributed by atoms with E-state index in [1.165, 1.54) is 0 Å². The molecule has 2 amide bonds. The van der Waals surface area contributed by atoms with E-state index in [2.05, 4.69) is 15.6 Å². The standard InChI is InChI=1S/C12H18F3N3O2S/c1-7(2)8(3-4-19)17-11(20)16-5-10-18-9(6-21-10)12(13,14)15/h6-8,19H,3-5H2,1-2H3,(H2,16,17,20). The van der Waals surface area contributed by atoms with Crippen molar-refractivity contribution in [2.75, 3.05) is 6.61 Å². The predicted octanol–water partition coefficient (Wildman–Crippen LogP) is 2.37. The van der Waals surface area contributed by atoms with E-state index in [0.717, 1.165) is 16.7 Å². The fourth-order valence-corrected chi connectivity index (χ4v) is 2.35. The maximum atomic E-state index is 12.4. The van der Waals surface area contributed by atoms with Crippen molar-refractivity contribution in [2.24, 2.45) is 5.92 Å². The Morgan fingerprint density at radius 2 is 2.14 bits per heavy atom. The number of hydrogen-bond acceptors (Lipinski definition) is 4. The minimum atomic E-state index is -4.47. The molecule has 0 radical (unpaired) electrons. The minimum absolute atomic E-state index is 0.0510. The Balaban J connectivity index is 2.47. The molecule has 5 nitrogen and oxygen atoms in total. The highest BCUT2D eigenvalue weighted by atomic mass is 32.1. The zero-order chi connectivity index (χ0) is 16.0. The Labute approximate surface area is 124 Å². The summed E-state index contributed by atoms with van der Waals surface area (Å²) in [7, 11) is 0. The molecule has 0 aromatic carbocycles. The maximum Gasteiger partial charge on any atom is 0.434 e. The maximum absolute atomic E-state index is 12.4. The van der Waals surface area contributed by atoms with Crippen molar-refractivity contribution in [2.45, 2.75) is 39.0 Å². The van der Waals surface area contributed by atoms with E-state index >= 15 is 0 Å². The highest BCUT2D eigenvalue weighted by Gasteiger charge is 2.33. The van der Waals surface area contributed by atoms with Crippen molar-refractivity contribution in [1.29, 1.82) is 0 Å². The monoisotopic (exact) mass is 325 g/mol.